The van der Waals surface area contributed by atoms with Crippen molar-refractivity contribution >= 4 is 6.29 Å². The smallest absolute Gasteiger partial charge is 0.145 e. The fraction of sp³-hybridized carbons (Fsp3) is 0.222. The number of allylic oxidation sites excluding steroid dienone is 6. The molecule has 1 aliphatic rings. The van der Waals surface area contributed by atoms with E-state index in [0.29, 0.717) is 5.92 Å². The van der Waals surface area contributed by atoms with Crippen molar-refractivity contribution in [1.82, 2.24) is 0 Å². The third-order valence-corrected chi connectivity index (χ3v) is 1.42. The van der Waals surface area contributed by atoms with Gasteiger partial charge >= 0.3 is 0 Å². The molecule has 0 radical (unpaired) electrons. The second-order valence-electron chi connectivity index (χ2n) is 2.38. The van der Waals surface area contributed by atoms with Crippen molar-refractivity contribution in [2.45, 2.75) is 6.92 Å². The van der Waals surface area contributed by atoms with Gasteiger partial charge in [-0.3, -0.25) is 4.79 Å². The molecule has 0 saturated heterocycles. The lowest BCUT2D eigenvalue weighted by atomic mass is 10.1. The Hall–Kier alpha value is -1.11. The number of hydrogen-bond donors (Lipinski definition) is 0. The lowest BCUT2D eigenvalue weighted by Gasteiger charge is -1.94. The summed E-state index contributed by atoms with van der Waals surface area (Å²) in [4.78, 5) is 10.2. The molecule has 0 heterocycles. The molecule has 0 fully saturated rings. The fourth-order valence-electron chi connectivity index (χ4n) is 0.903. The van der Waals surface area contributed by atoms with Gasteiger partial charge in [0.05, 0.1) is 0 Å². The van der Waals surface area contributed by atoms with Crippen LogP contribution in [0.4, 0.5) is 0 Å². The number of aldehydes is 1. The molecule has 0 spiro atoms. The van der Waals surface area contributed by atoms with Crippen molar-refractivity contribution in [2.24, 2.45) is 5.92 Å². The van der Waals surface area contributed by atoms with E-state index in [-0.39, 0.29) is 0 Å². The van der Waals surface area contributed by atoms with Gasteiger partial charge in [-0.25, -0.2) is 0 Å². The predicted molar refractivity (Wildman–Crippen MR) is 41.6 cm³/mol. The zero-order valence-corrected chi connectivity index (χ0v) is 5.95. The lowest BCUT2D eigenvalue weighted by molar-refractivity contribution is -0.104. The molecule has 1 rings (SSSR count). The molecule has 0 atom stereocenters. The second-order valence-corrected chi connectivity index (χ2v) is 2.38. The van der Waals surface area contributed by atoms with Crippen molar-refractivity contribution < 1.29 is 4.79 Å². The zero-order valence-electron chi connectivity index (χ0n) is 5.95. The van der Waals surface area contributed by atoms with E-state index in [9.17, 15) is 4.79 Å². The van der Waals surface area contributed by atoms with Crippen LogP contribution in [0.3, 0.4) is 0 Å². The van der Waals surface area contributed by atoms with Crippen molar-refractivity contribution in [2.75, 3.05) is 0 Å². The van der Waals surface area contributed by atoms with Gasteiger partial charge in [0.1, 0.15) is 6.29 Å². The molecule has 0 unspecified atom stereocenters. The molecule has 0 amide bonds. The summed E-state index contributed by atoms with van der Waals surface area (Å²) in [5, 5.41) is 0. The molecular formula is C9H10O. The van der Waals surface area contributed by atoms with E-state index in [1.807, 2.05) is 37.3 Å². The Bertz CT molecular complexity index is 197. The average Bonchev–Trinajstić information content (AvgIpc) is 2.40. The van der Waals surface area contributed by atoms with Crippen LogP contribution in [-0.2, 0) is 4.79 Å². The maximum absolute atomic E-state index is 10.2. The van der Waals surface area contributed by atoms with Crippen molar-refractivity contribution in [3.63, 3.8) is 0 Å². The topological polar surface area (TPSA) is 17.1 Å². The van der Waals surface area contributed by atoms with Crippen LogP contribution < -0.4 is 0 Å². The van der Waals surface area contributed by atoms with Crippen LogP contribution in [0.15, 0.2) is 36.0 Å². The van der Waals surface area contributed by atoms with Gasteiger partial charge in [-0.1, -0.05) is 30.4 Å². The van der Waals surface area contributed by atoms with Crippen LogP contribution in [0.5, 0.6) is 0 Å². The van der Waals surface area contributed by atoms with E-state index >= 15 is 0 Å². The summed E-state index contributed by atoms with van der Waals surface area (Å²) >= 11 is 0. The Labute approximate surface area is 60.7 Å². The third-order valence-electron chi connectivity index (χ3n) is 1.42. The number of hydrogen-bond acceptors (Lipinski definition) is 1. The van der Waals surface area contributed by atoms with Gasteiger partial charge in [-0.2, -0.15) is 0 Å². The van der Waals surface area contributed by atoms with Gasteiger partial charge in [-0.15, -0.1) is 0 Å². The van der Waals surface area contributed by atoms with E-state index in [1.54, 1.807) is 0 Å². The molecule has 0 aliphatic heterocycles. The summed E-state index contributed by atoms with van der Waals surface area (Å²) in [5.74, 6) is 0.338. The largest absolute Gasteiger partial charge is 0.298 e. The molecule has 1 nitrogen and oxygen atoms in total. The van der Waals surface area contributed by atoms with Crippen LogP contribution in [0.2, 0.25) is 0 Å². The molecule has 0 aromatic heterocycles. The molecule has 0 bridgehead atoms. The monoisotopic (exact) mass is 134 g/mol. The minimum Gasteiger partial charge on any atom is -0.298 e. The first-order valence-electron chi connectivity index (χ1n) is 3.31. The van der Waals surface area contributed by atoms with Crippen LogP contribution in [-0.4, -0.2) is 6.29 Å². The molecule has 0 saturated carbocycles. The highest BCUT2D eigenvalue weighted by atomic mass is 16.1. The third kappa shape index (κ3) is 1.69. The number of rotatable bonds is 2. The summed E-state index contributed by atoms with van der Waals surface area (Å²) in [6.45, 7) is 1.81. The molecule has 10 heavy (non-hydrogen) atoms. The Kier molecular flexibility index (Phi) is 2.21. The first-order valence-corrected chi connectivity index (χ1v) is 3.31. The highest BCUT2D eigenvalue weighted by Gasteiger charge is 1.98. The SMILES string of the molecule is CC(C=O)=CC1C=CC=C1. The van der Waals surface area contributed by atoms with Crippen molar-refractivity contribution in [1.29, 1.82) is 0 Å². The fourth-order valence-corrected chi connectivity index (χ4v) is 0.903. The summed E-state index contributed by atoms with van der Waals surface area (Å²) in [7, 11) is 0. The van der Waals surface area contributed by atoms with Crippen LogP contribution in [0.25, 0.3) is 0 Å². The van der Waals surface area contributed by atoms with E-state index < -0.39 is 0 Å². The number of carbonyl (C=O) groups is 1. The summed E-state index contributed by atoms with van der Waals surface area (Å²) < 4.78 is 0. The zero-order chi connectivity index (χ0) is 7.40. The van der Waals surface area contributed by atoms with E-state index in [1.165, 1.54) is 0 Å². The maximum Gasteiger partial charge on any atom is 0.145 e. The summed E-state index contributed by atoms with van der Waals surface area (Å²) in [6.07, 6.45) is 10.9. The van der Waals surface area contributed by atoms with E-state index in [0.717, 1.165) is 11.9 Å². The highest BCUT2D eigenvalue weighted by Crippen LogP contribution is 2.11. The first kappa shape index (κ1) is 7.00. The highest BCUT2D eigenvalue weighted by molar-refractivity contribution is 5.72. The van der Waals surface area contributed by atoms with Gasteiger partial charge in [-0.05, 0) is 12.5 Å². The van der Waals surface area contributed by atoms with Gasteiger partial charge in [0.25, 0.3) is 0 Å². The van der Waals surface area contributed by atoms with Gasteiger partial charge in [0.2, 0.25) is 0 Å². The molecule has 1 heteroatoms. The Morgan fingerprint density at radius 1 is 1.40 bits per heavy atom. The Balaban J connectivity index is 2.60. The van der Waals surface area contributed by atoms with Crippen molar-refractivity contribution in [3.05, 3.63) is 36.0 Å². The molecule has 0 aromatic rings. The van der Waals surface area contributed by atoms with Gasteiger partial charge in [0, 0.05) is 5.92 Å². The summed E-state index contributed by atoms with van der Waals surface area (Å²) in [5.41, 5.74) is 0.793. The quantitative estimate of drug-likeness (QED) is 0.416. The minimum absolute atomic E-state index is 0.338. The average molecular weight is 134 g/mol. The Morgan fingerprint density at radius 2 is 2.00 bits per heavy atom. The number of carbonyl (C=O) groups excluding carboxylic acids is 1. The van der Waals surface area contributed by atoms with Crippen LogP contribution in [0, 0.1) is 5.92 Å². The normalized spacial score (nSPS) is 18.3. The standard InChI is InChI=1S/C9H10O/c1-8(7-10)6-9-4-2-3-5-9/h2-7,9H,1H3. The molecule has 52 valence electrons. The Morgan fingerprint density at radius 3 is 2.50 bits per heavy atom. The molecule has 1 aliphatic carbocycles. The van der Waals surface area contributed by atoms with Gasteiger partial charge in [0.15, 0.2) is 0 Å². The first-order chi connectivity index (χ1) is 4.83. The van der Waals surface area contributed by atoms with Crippen LogP contribution in [0.1, 0.15) is 6.92 Å². The maximum atomic E-state index is 10.2. The van der Waals surface area contributed by atoms with E-state index in [4.69, 9.17) is 0 Å². The molecular weight excluding hydrogens is 124 g/mol. The summed E-state index contributed by atoms with van der Waals surface area (Å²) in [6, 6.07) is 0. The minimum atomic E-state index is 0.338. The molecule has 0 aromatic carbocycles. The van der Waals surface area contributed by atoms with Crippen molar-refractivity contribution in [3.8, 4) is 0 Å². The van der Waals surface area contributed by atoms with Crippen LogP contribution >= 0.6 is 0 Å². The van der Waals surface area contributed by atoms with E-state index in [2.05, 4.69) is 0 Å². The second kappa shape index (κ2) is 3.16. The predicted octanol–water partition coefficient (Wildman–Crippen LogP) is 1.87. The van der Waals surface area contributed by atoms with Gasteiger partial charge < -0.3 is 0 Å². The lowest BCUT2D eigenvalue weighted by Crippen LogP contribution is -1.85. The molecule has 0 N–H and O–H groups in total.